The van der Waals surface area contributed by atoms with Gasteiger partial charge in [0.25, 0.3) is 0 Å². The lowest BCUT2D eigenvalue weighted by atomic mass is 9.93. The number of aryl methyl sites for hydroxylation is 2. The molecule has 2 atom stereocenters. The van der Waals surface area contributed by atoms with E-state index in [1.54, 1.807) is 16.8 Å². The zero-order chi connectivity index (χ0) is 21.3. The summed E-state index contributed by atoms with van der Waals surface area (Å²) in [4.78, 5) is 16.7. The molecule has 4 rings (SSSR count). The van der Waals surface area contributed by atoms with E-state index in [0.717, 1.165) is 18.4 Å². The van der Waals surface area contributed by atoms with E-state index in [2.05, 4.69) is 15.4 Å². The van der Waals surface area contributed by atoms with Crippen LogP contribution in [0, 0.1) is 24.5 Å². The fourth-order valence-electron chi connectivity index (χ4n) is 3.68. The Balaban J connectivity index is 1.55. The number of halogens is 2. The predicted octanol–water partition coefficient (Wildman–Crippen LogP) is 3.86. The van der Waals surface area contributed by atoms with E-state index in [9.17, 15) is 13.6 Å². The molecule has 30 heavy (non-hydrogen) atoms. The van der Waals surface area contributed by atoms with Gasteiger partial charge in [-0.2, -0.15) is 5.10 Å². The van der Waals surface area contributed by atoms with Crippen molar-refractivity contribution < 1.29 is 18.3 Å². The summed E-state index contributed by atoms with van der Waals surface area (Å²) in [5, 5.41) is 7.08. The number of hydrogen-bond acceptors (Lipinski definition) is 4. The van der Waals surface area contributed by atoms with Crippen molar-refractivity contribution in [3.05, 3.63) is 71.7 Å². The Bertz CT molecular complexity index is 1070. The standard InChI is InChI=1S/C22H22F2N4O2/c1-3-28-12-19(14(2)27-28)30-13-22(15-5-4-6-16(23)9-15)10-18(22)21(29)26-20-8-7-17(24)11-25-20/h4-9,11-12,18H,3,10,13H2,1-2H3,(H,25,26,29)/t18-,22+/m0/s1. The fourth-order valence-corrected chi connectivity index (χ4v) is 3.68. The molecular weight excluding hydrogens is 390 g/mol. The Hall–Kier alpha value is -3.29. The topological polar surface area (TPSA) is 69.0 Å². The molecule has 6 nitrogen and oxygen atoms in total. The monoisotopic (exact) mass is 412 g/mol. The maximum absolute atomic E-state index is 13.9. The van der Waals surface area contributed by atoms with Crippen molar-refractivity contribution in [3.63, 3.8) is 0 Å². The highest BCUT2D eigenvalue weighted by Gasteiger charge is 2.60. The van der Waals surface area contributed by atoms with Gasteiger partial charge in [0.2, 0.25) is 5.91 Å². The molecule has 1 N–H and O–H groups in total. The molecule has 8 heteroatoms. The number of nitrogens with one attached hydrogen (secondary N) is 1. The highest BCUT2D eigenvalue weighted by atomic mass is 19.1. The predicted molar refractivity (Wildman–Crippen MR) is 107 cm³/mol. The number of carbonyl (C=O) groups is 1. The third-order valence-corrected chi connectivity index (χ3v) is 5.48. The lowest BCUT2D eigenvalue weighted by Gasteiger charge is -2.19. The Kier molecular flexibility index (Phi) is 5.24. The number of hydrogen-bond donors (Lipinski definition) is 1. The summed E-state index contributed by atoms with van der Waals surface area (Å²) in [7, 11) is 0. The van der Waals surface area contributed by atoms with Crippen LogP contribution in [0.15, 0.2) is 48.8 Å². The van der Waals surface area contributed by atoms with Gasteiger partial charge in [-0.15, -0.1) is 0 Å². The van der Waals surface area contributed by atoms with Gasteiger partial charge < -0.3 is 10.1 Å². The van der Waals surface area contributed by atoms with Gasteiger partial charge in [0.1, 0.15) is 23.1 Å². The summed E-state index contributed by atoms with van der Waals surface area (Å²) in [6.07, 6.45) is 3.36. The van der Waals surface area contributed by atoms with Crippen molar-refractivity contribution in [1.29, 1.82) is 0 Å². The summed E-state index contributed by atoms with van der Waals surface area (Å²) >= 11 is 0. The summed E-state index contributed by atoms with van der Waals surface area (Å²) in [5.41, 5.74) is 0.797. The largest absolute Gasteiger partial charge is 0.489 e. The summed E-state index contributed by atoms with van der Waals surface area (Å²) in [6.45, 7) is 4.76. The van der Waals surface area contributed by atoms with Gasteiger partial charge in [0.05, 0.1) is 24.9 Å². The van der Waals surface area contributed by atoms with Crippen LogP contribution in [0.5, 0.6) is 5.75 Å². The molecule has 2 heterocycles. The van der Waals surface area contributed by atoms with Crippen LogP contribution in [-0.2, 0) is 16.8 Å². The molecule has 156 valence electrons. The summed E-state index contributed by atoms with van der Waals surface area (Å²) in [5.74, 6) is -0.630. The SMILES string of the molecule is CCn1cc(OC[C@@]2(c3cccc(F)c3)C[C@H]2C(=O)Nc2ccc(F)cn2)c(C)n1. The van der Waals surface area contributed by atoms with Crippen LogP contribution in [0.4, 0.5) is 14.6 Å². The molecule has 1 aliphatic rings. The summed E-state index contributed by atoms with van der Waals surface area (Å²) in [6, 6.07) is 8.87. The van der Waals surface area contributed by atoms with E-state index in [0.29, 0.717) is 17.7 Å². The van der Waals surface area contributed by atoms with E-state index in [-0.39, 0.29) is 24.1 Å². The zero-order valence-corrected chi connectivity index (χ0v) is 16.7. The Morgan fingerprint density at radius 3 is 2.80 bits per heavy atom. The van der Waals surface area contributed by atoms with Gasteiger partial charge in [-0.05, 0) is 50.1 Å². The number of amides is 1. The number of aromatic nitrogens is 3. The molecule has 0 saturated heterocycles. The first kappa shape index (κ1) is 20.0. The number of anilines is 1. The second kappa shape index (κ2) is 7.85. The van der Waals surface area contributed by atoms with Crippen molar-refractivity contribution in [3.8, 4) is 5.75 Å². The average Bonchev–Trinajstić information content (AvgIpc) is 3.37. The summed E-state index contributed by atoms with van der Waals surface area (Å²) < 4.78 is 34.8. The Labute approximate surface area is 172 Å². The molecule has 1 saturated carbocycles. The molecule has 0 aliphatic heterocycles. The normalized spacial score (nSPS) is 20.1. The lowest BCUT2D eigenvalue weighted by molar-refractivity contribution is -0.117. The fraction of sp³-hybridized carbons (Fsp3) is 0.318. The third-order valence-electron chi connectivity index (χ3n) is 5.48. The second-order valence-corrected chi connectivity index (χ2v) is 7.50. The van der Waals surface area contributed by atoms with Crippen molar-refractivity contribution in [1.82, 2.24) is 14.8 Å². The Morgan fingerprint density at radius 1 is 1.30 bits per heavy atom. The van der Waals surface area contributed by atoms with Crippen LogP contribution >= 0.6 is 0 Å². The molecular formula is C22H22F2N4O2. The molecule has 1 aliphatic carbocycles. The van der Waals surface area contributed by atoms with E-state index < -0.39 is 17.2 Å². The van der Waals surface area contributed by atoms with E-state index in [1.807, 2.05) is 20.0 Å². The smallest absolute Gasteiger partial charge is 0.229 e. The first-order chi connectivity index (χ1) is 14.4. The number of rotatable bonds is 7. The highest BCUT2D eigenvalue weighted by molar-refractivity contribution is 5.95. The van der Waals surface area contributed by atoms with E-state index >= 15 is 0 Å². The van der Waals surface area contributed by atoms with Gasteiger partial charge in [0.15, 0.2) is 5.75 Å². The molecule has 2 aromatic heterocycles. The quantitative estimate of drug-likeness (QED) is 0.640. The van der Waals surface area contributed by atoms with Crippen LogP contribution < -0.4 is 10.1 Å². The van der Waals surface area contributed by atoms with Crippen LogP contribution in [0.2, 0.25) is 0 Å². The van der Waals surface area contributed by atoms with Crippen LogP contribution in [-0.4, -0.2) is 27.3 Å². The molecule has 1 amide bonds. The van der Waals surface area contributed by atoms with Crippen LogP contribution in [0.3, 0.4) is 0 Å². The van der Waals surface area contributed by atoms with E-state index in [1.165, 1.54) is 24.3 Å². The van der Waals surface area contributed by atoms with Gasteiger partial charge in [-0.25, -0.2) is 13.8 Å². The first-order valence-corrected chi connectivity index (χ1v) is 9.76. The number of carbonyl (C=O) groups excluding carboxylic acids is 1. The maximum Gasteiger partial charge on any atom is 0.229 e. The van der Waals surface area contributed by atoms with Gasteiger partial charge in [-0.3, -0.25) is 9.48 Å². The molecule has 1 fully saturated rings. The molecule has 0 unspecified atom stereocenters. The van der Waals surface area contributed by atoms with Crippen molar-refractivity contribution >= 4 is 11.7 Å². The second-order valence-electron chi connectivity index (χ2n) is 7.50. The van der Waals surface area contributed by atoms with Crippen LogP contribution in [0.1, 0.15) is 24.6 Å². The van der Waals surface area contributed by atoms with E-state index in [4.69, 9.17) is 4.74 Å². The van der Waals surface area contributed by atoms with Gasteiger partial charge in [-0.1, -0.05) is 12.1 Å². The van der Waals surface area contributed by atoms with Gasteiger partial charge >= 0.3 is 0 Å². The number of pyridine rings is 1. The Morgan fingerprint density at radius 2 is 2.13 bits per heavy atom. The third kappa shape index (κ3) is 3.90. The maximum atomic E-state index is 13.9. The first-order valence-electron chi connectivity index (χ1n) is 9.76. The number of benzene rings is 1. The van der Waals surface area contributed by atoms with Crippen molar-refractivity contribution in [2.45, 2.75) is 32.2 Å². The molecule has 0 radical (unpaired) electrons. The minimum Gasteiger partial charge on any atom is -0.489 e. The van der Waals surface area contributed by atoms with Gasteiger partial charge in [0, 0.05) is 12.0 Å². The number of nitrogens with zero attached hydrogens (tertiary/aromatic N) is 3. The van der Waals surface area contributed by atoms with Crippen molar-refractivity contribution in [2.24, 2.45) is 5.92 Å². The number of ether oxygens (including phenoxy) is 1. The minimum absolute atomic E-state index is 0.210. The average molecular weight is 412 g/mol. The minimum atomic E-state index is -0.660. The van der Waals surface area contributed by atoms with Crippen LogP contribution in [0.25, 0.3) is 0 Å². The molecule has 0 spiro atoms. The zero-order valence-electron chi connectivity index (χ0n) is 16.7. The highest BCUT2D eigenvalue weighted by Crippen LogP contribution is 2.55. The van der Waals surface area contributed by atoms with Crippen molar-refractivity contribution in [2.75, 3.05) is 11.9 Å². The lowest BCUT2D eigenvalue weighted by Crippen LogP contribution is -2.27. The molecule has 1 aromatic carbocycles. The molecule has 3 aromatic rings. The molecule has 0 bridgehead atoms.